The van der Waals surface area contributed by atoms with Gasteiger partial charge in [0.25, 0.3) is 5.56 Å². The summed E-state index contributed by atoms with van der Waals surface area (Å²) in [5.74, 6) is -0.130. The van der Waals surface area contributed by atoms with Gasteiger partial charge < -0.3 is 4.74 Å². The van der Waals surface area contributed by atoms with Crippen LogP contribution in [-0.4, -0.2) is 15.4 Å². The fraction of sp³-hybridized carbons (Fsp3) is 0.357. The molecule has 0 amide bonds. The molecule has 5 nitrogen and oxygen atoms in total. The maximum absolute atomic E-state index is 11.9. The van der Waals surface area contributed by atoms with Gasteiger partial charge in [-0.05, 0) is 31.4 Å². The van der Waals surface area contributed by atoms with Crippen LogP contribution in [0.15, 0.2) is 29.2 Å². The molecule has 19 heavy (non-hydrogen) atoms. The molecule has 2 heterocycles. The summed E-state index contributed by atoms with van der Waals surface area (Å²) in [6.07, 6.45) is 3.56. The third-order valence-corrected chi connectivity index (χ3v) is 3.13. The van der Waals surface area contributed by atoms with Crippen molar-refractivity contribution < 1.29 is 9.53 Å². The van der Waals surface area contributed by atoms with Gasteiger partial charge in [-0.3, -0.25) is 14.0 Å². The highest BCUT2D eigenvalue weighted by atomic mass is 16.5. The van der Waals surface area contributed by atoms with Crippen molar-refractivity contribution in [3.8, 4) is 0 Å². The molecule has 2 aromatic rings. The van der Waals surface area contributed by atoms with Crippen LogP contribution in [0.5, 0.6) is 0 Å². The van der Waals surface area contributed by atoms with Crippen molar-refractivity contribution in [2.75, 3.05) is 0 Å². The Kier molecular flexibility index (Phi) is 2.81. The fourth-order valence-corrected chi connectivity index (χ4v) is 1.91. The minimum absolute atomic E-state index is 0.0594. The van der Waals surface area contributed by atoms with Crippen LogP contribution < -0.4 is 5.56 Å². The molecule has 1 aliphatic rings. The maximum atomic E-state index is 11.9. The third kappa shape index (κ3) is 2.50. The summed E-state index contributed by atoms with van der Waals surface area (Å²) >= 11 is 0. The smallest absolute Gasteiger partial charge is 0.309 e. The van der Waals surface area contributed by atoms with Crippen LogP contribution in [0.3, 0.4) is 0 Å². The number of pyridine rings is 1. The predicted octanol–water partition coefficient (Wildman–Crippen LogP) is 1.46. The first-order chi connectivity index (χ1) is 9.13. The molecular weight excluding hydrogens is 244 g/mol. The molecule has 3 rings (SSSR count). The molecule has 0 bridgehead atoms. The molecule has 1 aliphatic carbocycles. The average Bonchev–Trinajstić information content (AvgIpc) is 3.21. The monoisotopic (exact) mass is 258 g/mol. The third-order valence-electron chi connectivity index (χ3n) is 3.13. The van der Waals surface area contributed by atoms with Gasteiger partial charge in [-0.1, -0.05) is 6.07 Å². The Morgan fingerprint density at radius 1 is 1.47 bits per heavy atom. The quantitative estimate of drug-likeness (QED) is 0.782. The van der Waals surface area contributed by atoms with Gasteiger partial charge in [-0.2, -0.15) is 0 Å². The van der Waals surface area contributed by atoms with Crippen LogP contribution >= 0.6 is 0 Å². The van der Waals surface area contributed by atoms with E-state index >= 15 is 0 Å². The first-order valence-corrected chi connectivity index (χ1v) is 6.29. The maximum Gasteiger partial charge on any atom is 0.309 e. The Bertz CT molecular complexity index is 701. The molecule has 98 valence electrons. The second-order valence-corrected chi connectivity index (χ2v) is 4.90. The minimum Gasteiger partial charge on any atom is -0.459 e. The van der Waals surface area contributed by atoms with Crippen molar-refractivity contribution in [3.63, 3.8) is 0 Å². The Morgan fingerprint density at radius 2 is 2.26 bits per heavy atom. The lowest BCUT2D eigenvalue weighted by Crippen LogP contribution is -2.17. The lowest BCUT2D eigenvalue weighted by atomic mass is 10.3. The van der Waals surface area contributed by atoms with Crippen LogP contribution in [0.2, 0.25) is 0 Å². The summed E-state index contributed by atoms with van der Waals surface area (Å²) in [4.78, 5) is 27.7. The van der Waals surface area contributed by atoms with E-state index < -0.39 is 0 Å². The molecule has 1 saturated carbocycles. The van der Waals surface area contributed by atoms with E-state index in [1.54, 1.807) is 12.3 Å². The SMILES string of the molecule is Cc1ccc2nc(COC(=O)C3CC3)cc(=O)n2c1. The molecule has 0 radical (unpaired) electrons. The Morgan fingerprint density at radius 3 is 3.00 bits per heavy atom. The van der Waals surface area contributed by atoms with Gasteiger partial charge in [-0.15, -0.1) is 0 Å². The number of aryl methyl sites for hydroxylation is 1. The van der Waals surface area contributed by atoms with Crippen molar-refractivity contribution in [2.24, 2.45) is 5.92 Å². The van der Waals surface area contributed by atoms with E-state index in [1.807, 2.05) is 13.0 Å². The van der Waals surface area contributed by atoms with Crippen molar-refractivity contribution in [3.05, 3.63) is 46.0 Å². The highest BCUT2D eigenvalue weighted by molar-refractivity contribution is 5.74. The van der Waals surface area contributed by atoms with E-state index in [1.165, 1.54) is 10.5 Å². The Hall–Kier alpha value is -2.17. The lowest BCUT2D eigenvalue weighted by Gasteiger charge is -2.06. The standard InChI is InChI=1S/C14H14N2O3/c1-9-2-5-12-15-11(6-13(17)16(12)7-9)8-19-14(18)10-3-4-10/h2,5-7,10H,3-4,8H2,1H3. The zero-order valence-electron chi connectivity index (χ0n) is 10.6. The summed E-state index contributed by atoms with van der Waals surface area (Å²) in [7, 11) is 0. The summed E-state index contributed by atoms with van der Waals surface area (Å²) < 4.78 is 6.62. The van der Waals surface area contributed by atoms with E-state index in [0.29, 0.717) is 11.3 Å². The summed E-state index contributed by atoms with van der Waals surface area (Å²) in [5, 5.41) is 0. The van der Waals surface area contributed by atoms with Crippen molar-refractivity contribution in [1.82, 2.24) is 9.38 Å². The van der Waals surface area contributed by atoms with E-state index in [0.717, 1.165) is 18.4 Å². The number of carbonyl (C=O) groups excluding carboxylic acids is 1. The van der Waals surface area contributed by atoms with E-state index in [2.05, 4.69) is 4.98 Å². The zero-order chi connectivity index (χ0) is 13.4. The fourth-order valence-electron chi connectivity index (χ4n) is 1.91. The molecule has 2 aromatic heterocycles. The van der Waals surface area contributed by atoms with E-state index in [4.69, 9.17) is 4.74 Å². The van der Waals surface area contributed by atoms with E-state index in [-0.39, 0.29) is 24.1 Å². The molecule has 1 fully saturated rings. The van der Waals surface area contributed by atoms with Crippen LogP contribution in [0, 0.1) is 12.8 Å². The summed E-state index contributed by atoms with van der Waals surface area (Å²) in [6, 6.07) is 5.08. The Labute approximate surface area is 109 Å². The van der Waals surface area contributed by atoms with Crippen LogP contribution in [-0.2, 0) is 16.1 Å². The normalized spacial score (nSPS) is 14.6. The largest absolute Gasteiger partial charge is 0.459 e. The number of hydrogen-bond acceptors (Lipinski definition) is 4. The van der Waals surface area contributed by atoms with Gasteiger partial charge in [0.15, 0.2) is 0 Å². The molecule has 0 atom stereocenters. The highest BCUT2D eigenvalue weighted by Crippen LogP contribution is 2.30. The number of esters is 1. The van der Waals surface area contributed by atoms with Gasteiger partial charge in [0, 0.05) is 12.3 Å². The number of ether oxygens (including phenoxy) is 1. The van der Waals surface area contributed by atoms with Gasteiger partial charge in [-0.25, -0.2) is 4.98 Å². The van der Waals surface area contributed by atoms with Crippen molar-refractivity contribution in [1.29, 1.82) is 0 Å². The molecular formula is C14H14N2O3. The van der Waals surface area contributed by atoms with Crippen molar-refractivity contribution >= 4 is 11.6 Å². The van der Waals surface area contributed by atoms with Crippen LogP contribution in [0.25, 0.3) is 5.65 Å². The first-order valence-electron chi connectivity index (χ1n) is 6.29. The van der Waals surface area contributed by atoms with Crippen molar-refractivity contribution in [2.45, 2.75) is 26.4 Å². The topological polar surface area (TPSA) is 60.7 Å². The lowest BCUT2D eigenvalue weighted by molar-refractivity contribution is -0.146. The van der Waals surface area contributed by atoms with E-state index in [9.17, 15) is 9.59 Å². The molecule has 0 aliphatic heterocycles. The summed E-state index contributed by atoms with van der Waals surface area (Å²) in [5.41, 5.74) is 1.88. The number of hydrogen-bond donors (Lipinski definition) is 0. The number of nitrogens with zero attached hydrogens (tertiary/aromatic N) is 2. The number of carbonyl (C=O) groups is 1. The predicted molar refractivity (Wildman–Crippen MR) is 68.7 cm³/mol. The molecule has 0 N–H and O–H groups in total. The number of aromatic nitrogens is 2. The average molecular weight is 258 g/mol. The Balaban J connectivity index is 1.86. The molecule has 0 unspecified atom stereocenters. The zero-order valence-corrected chi connectivity index (χ0v) is 10.6. The van der Waals surface area contributed by atoms with Crippen LogP contribution in [0.4, 0.5) is 0 Å². The first kappa shape index (κ1) is 11.9. The second-order valence-electron chi connectivity index (χ2n) is 4.90. The van der Waals surface area contributed by atoms with Gasteiger partial charge >= 0.3 is 5.97 Å². The van der Waals surface area contributed by atoms with Gasteiger partial charge in [0.1, 0.15) is 12.3 Å². The second kappa shape index (κ2) is 4.50. The van der Waals surface area contributed by atoms with Gasteiger partial charge in [0.05, 0.1) is 11.6 Å². The van der Waals surface area contributed by atoms with Gasteiger partial charge in [0.2, 0.25) is 0 Å². The highest BCUT2D eigenvalue weighted by Gasteiger charge is 2.31. The number of fused-ring (bicyclic) bond motifs is 1. The molecule has 0 saturated heterocycles. The van der Waals surface area contributed by atoms with Crippen LogP contribution in [0.1, 0.15) is 24.1 Å². The molecule has 0 spiro atoms. The number of rotatable bonds is 3. The summed E-state index contributed by atoms with van der Waals surface area (Å²) in [6.45, 7) is 1.98. The minimum atomic E-state index is -0.189. The molecule has 0 aromatic carbocycles. The molecule has 5 heteroatoms.